The van der Waals surface area contributed by atoms with Crippen LogP contribution in [0.15, 0.2) is 34.8 Å². The molecule has 104 valence electrons. The van der Waals surface area contributed by atoms with Crippen molar-refractivity contribution in [1.29, 1.82) is 0 Å². The van der Waals surface area contributed by atoms with E-state index in [2.05, 4.69) is 32.7 Å². The Morgan fingerprint density at radius 3 is 2.79 bits per heavy atom. The Bertz CT molecular complexity index is 455. The minimum Gasteiger partial charge on any atom is -0.506 e. The topological polar surface area (TPSA) is 35.5 Å². The zero-order chi connectivity index (χ0) is 13.8. The Balaban J connectivity index is 2.30. The quantitative estimate of drug-likeness (QED) is 0.835. The maximum absolute atomic E-state index is 10.3. The number of hydrogen-bond donors (Lipinski definition) is 2. The monoisotopic (exact) mass is 324 g/mol. The zero-order valence-corrected chi connectivity index (χ0v) is 12.9. The van der Waals surface area contributed by atoms with E-state index in [0.29, 0.717) is 5.75 Å². The maximum atomic E-state index is 10.3. The number of benzene rings is 1. The smallest absolute Gasteiger partial charge is 0.134 e. The number of piperazine rings is 1. The second-order valence-electron chi connectivity index (χ2n) is 5.14. The average molecular weight is 325 g/mol. The molecular formula is C15H21BrN2O. The van der Waals surface area contributed by atoms with E-state index in [1.54, 1.807) is 0 Å². The van der Waals surface area contributed by atoms with Crippen molar-refractivity contribution in [2.45, 2.75) is 19.4 Å². The highest BCUT2D eigenvalue weighted by molar-refractivity contribution is 9.10. The van der Waals surface area contributed by atoms with Gasteiger partial charge in [-0.05, 0) is 35.3 Å². The fourth-order valence-corrected chi connectivity index (χ4v) is 2.94. The van der Waals surface area contributed by atoms with Crippen LogP contribution in [0.25, 0.3) is 0 Å². The minimum absolute atomic E-state index is 0.206. The number of phenolic OH excluding ortho intramolecular Hbond substituents is 1. The van der Waals surface area contributed by atoms with Gasteiger partial charge in [0.25, 0.3) is 0 Å². The van der Waals surface area contributed by atoms with Crippen molar-refractivity contribution in [1.82, 2.24) is 10.2 Å². The van der Waals surface area contributed by atoms with Crippen molar-refractivity contribution >= 4 is 15.9 Å². The molecule has 2 N–H and O–H groups in total. The van der Waals surface area contributed by atoms with Crippen molar-refractivity contribution in [2.24, 2.45) is 0 Å². The fraction of sp³-hybridized carbons (Fsp3) is 0.467. The molecule has 1 atom stereocenters. The lowest BCUT2D eigenvalue weighted by molar-refractivity contribution is 0.170. The van der Waals surface area contributed by atoms with E-state index in [1.165, 1.54) is 0 Å². The van der Waals surface area contributed by atoms with E-state index >= 15 is 0 Å². The van der Waals surface area contributed by atoms with Crippen molar-refractivity contribution in [3.63, 3.8) is 0 Å². The lowest BCUT2D eigenvalue weighted by atomic mass is 9.97. The predicted octanol–water partition coefficient (Wildman–Crippen LogP) is 3.07. The van der Waals surface area contributed by atoms with Crippen LogP contribution in [-0.2, 0) is 0 Å². The van der Waals surface area contributed by atoms with Gasteiger partial charge in [-0.15, -0.1) is 6.58 Å². The molecule has 4 heteroatoms. The molecule has 0 radical (unpaired) electrons. The number of para-hydroxylation sites is 1. The molecule has 0 spiro atoms. The normalized spacial score (nSPS) is 18.2. The molecular weight excluding hydrogens is 304 g/mol. The van der Waals surface area contributed by atoms with Crippen LogP contribution in [0.3, 0.4) is 0 Å². The van der Waals surface area contributed by atoms with Gasteiger partial charge in [-0.1, -0.05) is 17.7 Å². The SMILES string of the molecule is C=C(C)C[C@@H](c1cccc(Br)c1O)N1CCNCC1. The third kappa shape index (κ3) is 3.59. The molecule has 1 aliphatic rings. The lowest BCUT2D eigenvalue weighted by Gasteiger charge is -2.35. The molecule has 3 nitrogen and oxygen atoms in total. The highest BCUT2D eigenvalue weighted by Crippen LogP contribution is 2.37. The van der Waals surface area contributed by atoms with Crippen LogP contribution < -0.4 is 5.32 Å². The first-order chi connectivity index (χ1) is 9.09. The summed E-state index contributed by atoms with van der Waals surface area (Å²) in [4.78, 5) is 2.42. The second kappa shape index (κ2) is 6.55. The fourth-order valence-electron chi connectivity index (χ4n) is 2.56. The minimum atomic E-state index is 0.206. The Morgan fingerprint density at radius 2 is 2.16 bits per heavy atom. The van der Waals surface area contributed by atoms with Gasteiger partial charge in [0.05, 0.1) is 4.47 Å². The van der Waals surface area contributed by atoms with Gasteiger partial charge in [-0.25, -0.2) is 0 Å². The maximum Gasteiger partial charge on any atom is 0.134 e. The van der Waals surface area contributed by atoms with E-state index in [4.69, 9.17) is 0 Å². The van der Waals surface area contributed by atoms with E-state index < -0.39 is 0 Å². The van der Waals surface area contributed by atoms with Crippen molar-refractivity contribution < 1.29 is 5.11 Å². The molecule has 0 saturated carbocycles. The summed E-state index contributed by atoms with van der Waals surface area (Å²) in [6.07, 6.45) is 0.879. The van der Waals surface area contributed by atoms with Crippen LogP contribution in [0.2, 0.25) is 0 Å². The zero-order valence-electron chi connectivity index (χ0n) is 11.3. The van der Waals surface area contributed by atoms with Crippen LogP contribution >= 0.6 is 15.9 Å². The summed E-state index contributed by atoms with van der Waals surface area (Å²) in [6.45, 7) is 10.1. The first-order valence-electron chi connectivity index (χ1n) is 6.66. The molecule has 1 heterocycles. The van der Waals surface area contributed by atoms with Crippen LogP contribution in [0.1, 0.15) is 24.9 Å². The molecule has 0 unspecified atom stereocenters. The summed E-state index contributed by atoms with van der Waals surface area (Å²) < 4.78 is 0.756. The number of phenols is 1. The van der Waals surface area contributed by atoms with Crippen LogP contribution in [0.4, 0.5) is 0 Å². The first kappa shape index (κ1) is 14.6. The lowest BCUT2D eigenvalue weighted by Crippen LogP contribution is -2.45. The number of nitrogens with zero attached hydrogens (tertiary/aromatic N) is 1. The van der Waals surface area contributed by atoms with Crippen LogP contribution in [0.5, 0.6) is 5.75 Å². The molecule has 0 aliphatic carbocycles. The highest BCUT2D eigenvalue weighted by atomic mass is 79.9. The number of nitrogens with one attached hydrogen (secondary N) is 1. The molecule has 0 aromatic heterocycles. The summed E-state index contributed by atoms with van der Waals surface area (Å²) >= 11 is 3.40. The highest BCUT2D eigenvalue weighted by Gasteiger charge is 2.24. The number of rotatable bonds is 4. The molecule has 1 aromatic rings. The van der Waals surface area contributed by atoms with E-state index in [9.17, 15) is 5.11 Å². The van der Waals surface area contributed by atoms with Crippen molar-refractivity contribution in [3.8, 4) is 5.75 Å². The van der Waals surface area contributed by atoms with E-state index in [-0.39, 0.29) is 6.04 Å². The van der Waals surface area contributed by atoms with Gasteiger partial charge in [0.15, 0.2) is 0 Å². The van der Waals surface area contributed by atoms with Crippen LogP contribution in [0, 0.1) is 0 Å². The summed E-state index contributed by atoms with van der Waals surface area (Å²) in [7, 11) is 0. The van der Waals surface area contributed by atoms with Crippen LogP contribution in [-0.4, -0.2) is 36.2 Å². The Kier molecular flexibility index (Phi) is 5.02. The Hall–Kier alpha value is -0.840. The molecule has 19 heavy (non-hydrogen) atoms. The Labute approximate surface area is 123 Å². The molecule has 1 fully saturated rings. The average Bonchev–Trinajstić information content (AvgIpc) is 2.40. The summed E-state index contributed by atoms with van der Waals surface area (Å²) in [5, 5.41) is 13.7. The van der Waals surface area contributed by atoms with Crippen molar-refractivity contribution in [2.75, 3.05) is 26.2 Å². The third-order valence-electron chi connectivity index (χ3n) is 3.51. The van der Waals surface area contributed by atoms with Gasteiger partial charge in [0.2, 0.25) is 0 Å². The first-order valence-corrected chi connectivity index (χ1v) is 7.45. The van der Waals surface area contributed by atoms with Gasteiger partial charge in [-0.2, -0.15) is 0 Å². The molecule has 1 aromatic carbocycles. The molecule has 1 aliphatic heterocycles. The second-order valence-corrected chi connectivity index (χ2v) is 6.00. The van der Waals surface area contributed by atoms with Gasteiger partial charge >= 0.3 is 0 Å². The number of halogens is 1. The molecule has 0 bridgehead atoms. The molecule has 0 amide bonds. The number of aromatic hydroxyl groups is 1. The number of hydrogen-bond acceptors (Lipinski definition) is 3. The van der Waals surface area contributed by atoms with Gasteiger partial charge in [-0.3, -0.25) is 4.90 Å². The van der Waals surface area contributed by atoms with Gasteiger partial charge in [0, 0.05) is 37.8 Å². The van der Waals surface area contributed by atoms with E-state index in [0.717, 1.165) is 48.2 Å². The summed E-state index contributed by atoms with van der Waals surface area (Å²) in [5.41, 5.74) is 2.13. The molecule has 2 rings (SSSR count). The molecule has 1 saturated heterocycles. The third-order valence-corrected chi connectivity index (χ3v) is 4.15. The Morgan fingerprint density at radius 1 is 1.47 bits per heavy atom. The summed E-state index contributed by atoms with van der Waals surface area (Å²) in [5.74, 6) is 0.354. The van der Waals surface area contributed by atoms with Crippen molar-refractivity contribution in [3.05, 3.63) is 40.4 Å². The standard InChI is InChI=1S/C15H21BrN2O/c1-11(2)10-14(18-8-6-17-7-9-18)12-4-3-5-13(16)15(12)19/h3-5,14,17,19H,1,6-10H2,2H3/t14-/m0/s1. The van der Waals surface area contributed by atoms with Gasteiger partial charge in [0.1, 0.15) is 5.75 Å². The van der Waals surface area contributed by atoms with Gasteiger partial charge < -0.3 is 10.4 Å². The summed E-state index contributed by atoms with van der Waals surface area (Å²) in [6, 6.07) is 6.06. The predicted molar refractivity (Wildman–Crippen MR) is 82.4 cm³/mol. The largest absolute Gasteiger partial charge is 0.506 e. The van der Waals surface area contributed by atoms with E-state index in [1.807, 2.05) is 25.1 Å².